The summed E-state index contributed by atoms with van der Waals surface area (Å²) in [4.78, 5) is 29.4. The Hall–Kier alpha value is -4.26. The van der Waals surface area contributed by atoms with E-state index in [2.05, 4.69) is 0 Å². The Balaban J connectivity index is 1.62. The van der Waals surface area contributed by atoms with E-state index in [0.717, 1.165) is 22.3 Å². The largest absolute Gasteiger partial charge is 0.497 e. The van der Waals surface area contributed by atoms with Crippen LogP contribution in [0.3, 0.4) is 0 Å². The molecule has 0 aliphatic carbocycles. The van der Waals surface area contributed by atoms with Crippen LogP contribution in [0.2, 0.25) is 0 Å². The zero-order valence-electron chi connectivity index (χ0n) is 21.6. The summed E-state index contributed by atoms with van der Waals surface area (Å²) in [7, 11) is 4.77. The third-order valence-corrected chi connectivity index (χ3v) is 6.91. The van der Waals surface area contributed by atoms with E-state index >= 15 is 0 Å². The molecule has 3 aromatic carbocycles. The molecule has 0 spiro atoms. The molecule has 1 aliphatic heterocycles. The number of aryl methyl sites for hydroxylation is 2. The van der Waals surface area contributed by atoms with Crippen LogP contribution in [0.25, 0.3) is 11.0 Å². The minimum Gasteiger partial charge on any atom is -0.497 e. The van der Waals surface area contributed by atoms with E-state index < -0.39 is 6.04 Å². The summed E-state index contributed by atoms with van der Waals surface area (Å²) in [6.45, 7) is 4.20. The van der Waals surface area contributed by atoms with E-state index in [9.17, 15) is 9.59 Å². The van der Waals surface area contributed by atoms with Crippen LogP contribution in [-0.4, -0.2) is 38.7 Å². The Labute approximate surface area is 215 Å². The fraction of sp³-hybridized carbons (Fsp3) is 0.267. The Morgan fingerprint density at radius 3 is 2.41 bits per heavy atom. The normalized spacial score (nSPS) is 14.7. The van der Waals surface area contributed by atoms with Gasteiger partial charge in [-0.3, -0.25) is 9.59 Å². The number of carbonyl (C=O) groups is 1. The fourth-order valence-electron chi connectivity index (χ4n) is 5.19. The van der Waals surface area contributed by atoms with Crippen molar-refractivity contribution in [1.29, 1.82) is 0 Å². The molecule has 1 aromatic heterocycles. The summed E-state index contributed by atoms with van der Waals surface area (Å²) >= 11 is 0. The summed E-state index contributed by atoms with van der Waals surface area (Å²) in [5.74, 6) is 1.70. The molecule has 0 unspecified atom stereocenters. The maximum Gasteiger partial charge on any atom is 0.290 e. The highest BCUT2D eigenvalue weighted by Crippen LogP contribution is 2.40. The van der Waals surface area contributed by atoms with Crippen molar-refractivity contribution in [2.75, 3.05) is 27.9 Å². The summed E-state index contributed by atoms with van der Waals surface area (Å²) in [6.07, 6.45) is 0.548. The number of hydrogen-bond donors (Lipinski definition) is 0. The molecule has 0 N–H and O–H groups in total. The van der Waals surface area contributed by atoms with Crippen molar-refractivity contribution in [3.63, 3.8) is 0 Å². The van der Waals surface area contributed by atoms with E-state index in [4.69, 9.17) is 18.6 Å². The van der Waals surface area contributed by atoms with Crippen molar-refractivity contribution in [1.82, 2.24) is 4.90 Å². The van der Waals surface area contributed by atoms with Gasteiger partial charge in [0, 0.05) is 6.54 Å². The van der Waals surface area contributed by atoms with Crippen LogP contribution < -0.4 is 19.6 Å². The number of amides is 1. The SMILES string of the molecule is COc1cccc([C@H]2c3c(oc4cc(C)cc(C)c4c3=O)C(=O)N2CCc2ccc(OC)c(OC)c2)c1. The third kappa shape index (κ3) is 4.20. The molecule has 0 bridgehead atoms. The molecular formula is C30H29NO6. The fourth-order valence-corrected chi connectivity index (χ4v) is 5.19. The average Bonchev–Trinajstić information content (AvgIpc) is 3.18. The first-order valence-corrected chi connectivity index (χ1v) is 12.1. The van der Waals surface area contributed by atoms with Gasteiger partial charge < -0.3 is 23.5 Å². The van der Waals surface area contributed by atoms with E-state index in [1.165, 1.54) is 0 Å². The molecule has 4 aromatic rings. The van der Waals surface area contributed by atoms with E-state index in [1.54, 1.807) is 26.2 Å². The highest BCUT2D eigenvalue weighted by Gasteiger charge is 2.42. The van der Waals surface area contributed by atoms with Gasteiger partial charge in [-0.1, -0.05) is 24.3 Å². The van der Waals surface area contributed by atoms with Gasteiger partial charge >= 0.3 is 0 Å². The van der Waals surface area contributed by atoms with Crippen LogP contribution in [-0.2, 0) is 6.42 Å². The molecule has 0 saturated heterocycles. The van der Waals surface area contributed by atoms with Crippen molar-refractivity contribution in [2.24, 2.45) is 0 Å². The second-order valence-corrected chi connectivity index (χ2v) is 9.25. The van der Waals surface area contributed by atoms with Gasteiger partial charge in [-0.25, -0.2) is 0 Å². The van der Waals surface area contributed by atoms with Crippen LogP contribution in [0, 0.1) is 13.8 Å². The molecule has 37 heavy (non-hydrogen) atoms. The molecule has 7 nitrogen and oxygen atoms in total. The molecule has 0 saturated carbocycles. The molecule has 1 atom stereocenters. The number of nitrogens with zero attached hydrogens (tertiary/aromatic N) is 1. The predicted octanol–water partition coefficient (Wildman–Crippen LogP) is 5.22. The molecule has 7 heteroatoms. The summed E-state index contributed by atoms with van der Waals surface area (Å²) < 4.78 is 22.4. The lowest BCUT2D eigenvalue weighted by Gasteiger charge is -2.25. The number of methoxy groups -OCH3 is 3. The molecule has 0 radical (unpaired) electrons. The molecule has 2 heterocycles. The number of benzene rings is 3. The quantitative estimate of drug-likeness (QED) is 0.347. The number of fused-ring (bicyclic) bond motifs is 2. The lowest BCUT2D eigenvalue weighted by atomic mass is 9.96. The van der Waals surface area contributed by atoms with Crippen molar-refractivity contribution in [2.45, 2.75) is 26.3 Å². The monoisotopic (exact) mass is 499 g/mol. The standard InChI is InChI=1S/C30H29NO6/c1-17-13-18(2)25-24(14-17)37-29-26(28(25)32)27(20-7-6-8-21(16-20)34-3)31(30(29)33)12-11-19-9-10-22(35-4)23(15-19)36-5/h6-10,13-16,27H,11-12H2,1-5H3/t27-/m0/s1. The number of ether oxygens (including phenoxy) is 3. The van der Waals surface area contributed by atoms with Gasteiger partial charge in [0.05, 0.1) is 38.3 Å². The van der Waals surface area contributed by atoms with Crippen LogP contribution in [0.5, 0.6) is 17.2 Å². The van der Waals surface area contributed by atoms with Gasteiger partial charge in [-0.2, -0.15) is 0 Å². The van der Waals surface area contributed by atoms with Gasteiger partial charge in [-0.15, -0.1) is 0 Å². The highest BCUT2D eigenvalue weighted by molar-refractivity contribution is 5.99. The first-order chi connectivity index (χ1) is 17.9. The Kier molecular flexibility index (Phi) is 6.38. The summed E-state index contributed by atoms with van der Waals surface area (Å²) in [6, 6.07) is 16.3. The van der Waals surface area contributed by atoms with Crippen LogP contribution in [0.1, 0.15) is 44.4 Å². The minimum absolute atomic E-state index is 0.0997. The van der Waals surface area contributed by atoms with E-state index in [-0.39, 0.29) is 17.1 Å². The second-order valence-electron chi connectivity index (χ2n) is 9.25. The molecule has 1 aliphatic rings. The molecule has 1 amide bonds. The van der Waals surface area contributed by atoms with E-state index in [0.29, 0.717) is 46.7 Å². The van der Waals surface area contributed by atoms with E-state index in [1.807, 2.05) is 68.4 Å². The van der Waals surface area contributed by atoms with Gasteiger partial charge in [0.25, 0.3) is 5.91 Å². The van der Waals surface area contributed by atoms with Crippen molar-refractivity contribution >= 4 is 16.9 Å². The molecular weight excluding hydrogens is 470 g/mol. The van der Waals surface area contributed by atoms with Gasteiger partial charge in [0.2, 0.25) is 5.76 Å². The molecule has 0 fully saturated rings. The number of carbonyl (C=O) groups excluding carboxylic acids is 1. The van der Waals surface area contributed by atoms with Crippen LogP contribution in [0.4, 0.5) is 0 Å². The zero-order valence-corrected chi connectivity index (χ0v) is 21.6. The maximum absolute atomic E-state index is 13.9. The smallest absolute Gasteiger partial charge is 0.290 e. The highest BCUT2D eigenvalue weighted by atomic mass is 16.5. The Bertz CT molecular complexity index is 1570. The number of hydrogen-bond acceptors (Lipinski definition) is 6. The summed E-state index contributed by atoms with van der Waals surface area (Å²) in [5, 5.41) is 0.506. The van der Waals surface area contributed by atoms with Gasteiger partial charge in [0.15, 0.2) is 16.9 Å². The first-order valence-electron chi connectivity index (χ1n) is 12.1. The molecule has 190 valence electrons. The van der Waals surface area contributed by atoms with Crippen molar-refractivity contribution in [3.05, 3.63) is 98.4 Å². The minimum atomic E-state index is -0.598. The topological polar surface area (TPSA) is 78.2 Å². The van der Waals surface area contributed by atoms with Crippen molar-refractivity contribution < 1.29 is 23.4 Å². The maximum atomic E-state index is 13.9. The van der Waals surface area contributed by atoms with Gasteiger partial charge in [-0.05, 0) is 72.9 Å². The lowest BCUT2D eigenvalue weighted by molar-refractivity contribution is 0.0730. The average molecular weight is 500 g/mol. The molecule has 5 rings (SSSR count). The Morgan fingerprint density at radius 2 is 1.68 bits per heavy atom. The Morgan fingerprint density at radius 1 is 0.892 bits per heavy atom. The third-order valence-electron chi connectivity index (χ3n) is 6.91. The van der Waals surface area contributed by atoms with Gasteiger partial charge in [0.1, 0.15) is 11.3 Å². The predicted molar refractivity (Wildman–Crippen MR) is 141 cm³/mol. The summed E-state index contributed by atoms with van der Waals surface area (Å²) in [5.41, 5.74) is 4.17. The zero-order chi connectivity index (χ0) is 26.3. The lowest BCUT2D eigenvalue weighted by Crippen LogP contribution is -2.31. The van der Waals surface area contributed by atoms with Crippen LogP contribution in [0.15, 0.2) is 63.8 Å². The first kappa shape index (κ1) is 24.4. The number of rotatable bonds is 7. The second kappa shape index (κ2) is 9.65. The van der Waals surface area contributed by atoms with Crippen LogP contribution >= 0.6 is 0 Å². The van der Waals surface area contributed by atoms with Crippen molar-refractivity contribution in [3.8, 4) is 17.2 Å².